The maximum atomic E-state index is 13.3. The van der Waals surface area contributed by atoms with E-state index in [-0.39, 0.29) is 17.4 Å². The number of halogens is 2. The summed E-state index contributed by atoms with van der Waals surface area (Å²) < 4.78 is 63.0. The molecule has 0 aromatic rings. The predicted molar refractivity (Wildman–Crippen MR) is 80.0 cm³/mol. The van der Waals surface area contributed by atoms with Crippen molar-refractivity contribution in [1.29, 1.82) is 0 Å². The van der Waals surface area contributed by atoms with Crippen molar-refractivity contribution in [1.82, 2.24) is 0 Å². The van der Waals surface area contributed by atoms with Gasteiger partial charge in [0.05, 0.1) is 6.61 Å². The molecule has 5 nitrogen and oxygen atoms in total. The molecule has 0 aromatic heterocycles. The molecule has 4 saturated carbocycles. The lowest BCUT2D eigenvalue weighted by molar-refractivity contribution is -0.182. The fourth-order valence-corrected chi connectivity index (χ4v) is 6.04. The van der Waals surface area contributed by atoms with Crippen LogP contribution in [0.15, 0.2) is 0 Å². The van der Waals surface area contributed by atoms with Crippen molar-refractivity contribution in [3.8, 4) is 0 Å². The highest BCUT2D eigenvalue weighted by atomic mass is 32.2. The first kappa shape index (κ1) is 18.0. The van der Waals surface area contributed by atoms with Crippen molar-refractivity contribution in [2.75, 3.05) is 6.61 Å². The maximum Gasteiger partial charge on any atom is 0.428 e. The lowest BCUT2D eigenvalue weighted by Gasteiger charge is -2.63. The van der Waals surface area contributed by atoms with Gasteiger partial charge in [0.2, 0.25) is 0 Å². The van der Waals surface area contributed by atoms with Gasteiger partial charge >= 0.3 is 11.2 Å². The summed E-state index contributed by atoms with van der Waals surface area (Å²) in [5, 5.41) is -5.02. The number of carbonyl (C=O) groups is 1. The van der Waals surface area contributed by atoms with Gasteiger partial charge < -0.3 is 9.29 Å². The zero-order valence-electron chi connectivity index (χ0n) is 13.9. The molecule has 0 saturated heterocycles. The number of hydrogen-bond acceptors (Lipinski definition) is 5. The summed E-state index contributed by atoms with van der Waals surface area (Å²) in [6.07, 6.45) is 5.84. The Bertz CT molecular complexity index is 629. The zero-order valence-corrected chi connectivity index (χ0v) is 14.7. The molecule has 2 unspecified atom stereocenters. The molecule has 4 rings (SSSR count). The van der Waals surface area contributed by atoms with Gasteiger partial charge in [-0.1, -0.05) is 13.8 Å². The standard InChI is InChI=1S/C16H24F2O5S/c1-10(2)15-6-11-3-12(7-15)5-14(4-11,8-15)9-23-13(19)16(17,18)24(20,21)22/h10-12H,3-9H2,1-2H3,(H,20,21,22)/p-1. The van der Waals surface area contributed by atoms with Gasteiger partial charge in [0.25, 0.3) is 0 Å². The van der Waals surface area contributed by atoms with Crippen molar-refractivity contribution in [3.05, 3.63) is 0 Å². The molecule has 0 spiro atoms. The second-order valence-corrected chi connectivity index (χ2v) is 9.95. The van der Waals surface area contributed by atoms with E-state index in [4.69, 9.17) is 0 Å². The fourth-order valence-electron chi connectivity index (χ4n) is 5.77. The highest BCUT2D eigenvalue weighted by Gasteiger charge is 2.59. The molecule has 0 aliphatic heterocycles. The first-order valence-electron chi connectivity index (χ1n) is 8.40. The first-order chi connectivity index (χ1) is 10.9. The summed E-state index contributed by atoms with van der Waals surface area (Å²) in [7, 11) is -6.06. The topological polar surface area (TPSA) is 83.5 Å². The van der Waals surface area contributed by atoms with Crippen molar-refractivity contribution in [3.63, 3.8) is 0 Å². The highest BCUT2D eigenvalue weighted by molar-refractivity contribution is 7.87. The molecular formula is C16H23F2O5S-. The third-order valence-electron chi connectivity index (χ3n) is 6.51. The molecule has 4 bridgehead atoms. The number of alkyl halides is 2. The lowest BCUT2D eigenvalue weighted by Crippen LogP contribution is -2.55. The monoisotopic (exact) mass is 365 g/mol. The summed E-state index contributed by atoms with van der Waals surface area (Å²) in [6, 6.07) is 0. The van der Waals surface area contributed by atoms with E-state index in [0.717, 1.165) is 38.5 Å². The zero-order chi connectivity index (χ0) is 18.0. The Morgan fingerprint density at radius 3 is 2.25 bits per heavy atom. The van der Waals surface area contributed by atoms with Crippen LogP contribution in [0.3, 0.4) is 0 Å². The Morgan fingerprint density at radius 2 is 1.79 bits per heavy atom. The maximum absolute atomic E-state index is 13.3. The SMILES string of the molecule is CC(C)C12CC3CC(CC(COC(=O)C(F)(F)S(=O)(=O)[O-])(C3)C1)C2. The third-order valence-corrected chi connectivity index (χ3v) is 7.31. The Morgan fingerprint density at radius 1 is 1.25 bits per heavy atom. The minimum Gasteiger partial charge on any atom is -0.743 e. The number of esters is 1. The van der Waals surface area contributed by atoms with E-state index in [0.29, 0.717) is 17.8 Å². The molecule has 0 aromatic carbocycles. The van der Waals surface area contributed by atoms with Gasteiger partial charge in [-0.05, 0) is 61.7 Å². The van der Waals surface area contributed by atoms with E-state index in [1.165, 1.54) is 0 Å². The number of rotatable bonds is 5. The summed E-state index contributed by atoms with van der Waals surface area (Å²) >= 11 is 0. The largest absolute Gasteiger partial charge is 0.743 e. The van der Waals surface area contributed by atoms with E-state index < -0.39 is 21.3 Å². The van der Waals surface area contributed by atoms with Gasteiger partial charge in [0.1, 0.15) is 0 Å². The molecule has 0 amide bonds. The molecule has 24 heavy (non-hydrogen) atoms. The quantitative estimate of drug-likeness (QED) is 0.552. The van der Waals surface area contributed by atoms with Crippen LogP contribution >= 0.6 is 0 Å². The van der Waals surface area contributed by atoms with Crippen LogP contribution in [0.25, 0.3) is 0 Å². The number of hydrogen-bond donors (Lipinski definition) is 0. The van der Waals surface area contributed by atoms with Crippen LogP contribution in [0.5, 0.6) is 0 Å². The average Bonchev–Trinajstić information content (AvgIpc) is 2.42. The van der Waals surface area contributed by atoms with Crippen molar-refractivity contribution >= 4 is 16.1 Å². The Hall–Kier alpha value is -0.760. The summed E-state index contributed by atoms with van der Waals surface area (Å²) in [5.74, 6) is -0.763. The van der Waals surface area contributed by atoms with Crippen LogP contribution in [0, 0.1) is 28.6 Å². The van der Waals surface area contributed by atoms with Crippen LogP contribution in [0.4, 0.5) is 8.78 Å². The van der Waals surface area contributed by atoms with Gasteiger partial charge in [-0.15, -0.1) is 0 Å². The third kappa shape index (κ3) is 2.75. The summed E-state index contributed by atoms with van der Waals surface area (Å²) in [5.41, 5.74) is -0.198. The average molecular weight is 365 g/mol. The second kappa shape index (κ2) is 5.37. The van der Waals surface area contributed by atoms with E-state index in [2.05, 4.69) is 18.6 Å². The van der Waals surface area contributed by atoms with E-state index in [1.54, 1.807) is 0 Å². The summed E-state index contributed by atoms with van der Waals surface area (Å²) in [6.45, 7) is 4.12. The smallest absolute Gasteiger partial charge is 0.428 e. The number of carbonyl (C=O) groups excluding carboxylic acids is 1. The van der Waals surface area contributed by atoms with E-state index >= 15 is 0 Å². The predicted octanol–water partition coefficient (Wildman–Crippen LogP) is 2.91. The Labute approximate surface area is 140 Å². The fraction of sp³-hybridized carbons (Fsp3) is 0.938. The molecule has 4 aliphatic rings. The molecular weight excluding hydrogens is 342 g/mol. The van der Waals surface area contributed by atoms with E-state index in [9.17, 15) is 26.5 Å². The van der Waals surface area contributed by atoms with Gasteiger partial charge in [-0.3, -0.25) is 0 Å². The van der Waals surface area contributed by atoms with Crippen molar-refractivity contribution in [2.45, 2.75) is 57.6 Å². The van der Waals surface area contributed by atoms with Crippen LogP contribution in [-0.2, 0) is 19.6 Å². The van der Waals surface area contributed by atoms with Crippen LogP contribution in [-0.4, -0.2) is 30.8 Å². The summed E-state index contributed by atoms with van der Waals surface area (Å²) in [4.78, 5) is 11.5. The minimum absolute atomic E-state index is 0.156. The molecule has 0 N–H and O–H groups in total. The molecule has 138 valence electrons. The molecule has 4 fully saturated rings. The molecule has 0 heterocycles. The van der Waals surface area contributed by atoms with Crippen LogP contribution in [0.1, 0.15) is 52.4 Å². The van der Waals surface area contributed by atoms with Crippen molar-refractivity contribution in [2.24, 2.45) is 28.6 Å². The van der Waals surface area contributed by atoms with Gasteiger partial charge in [-0.25, -0.2) is 13.2 Å². The molecule has 0 radical (unpaired) electrons. The molecule has 8 heteroatoms. The Balaban J connectivity index is 1.75. The van der Waals surface area contributed by atoms with E-state index in [1.807, 2.05) is 0 Å². The van der Waals surface area contributed by atoms with Crippen molar-refractivity contribution < 1.29 is 31.3 Å². The number of ether oxygens (including phenoxy) is 1. The van der Waals surface area contributed by atoms with Gasteiger partial charge in [-0.2, -0.15) is 8.78 Å². The van der Waals surface area contributed by atoms with Crippen LogP contribution in [0.2, 0.25) is 0 Å². The van der Waals surface area contributed by atoms with Gasteiger partial charge in [0, 0.05) is 5.41 Å². The highest BCUT2D eigenvalue weighted by Crippen LogP contribution is 2.67. The Kier molecular flexibility index (Phi) is 4.03. The molecule has 4 aliphatic carbocycles. The lowest BCUT2D eigenvalue weighted by atomic mass is 9.42. The minimum atomic E-state index is -6.06. The van der Waals surface area contributed by atoms with Gasteiger partial charge in [0.15, 0.2) is 10.1 Å². The normalized spacial score (nSPS) is 38.6. The first-order valence-corrected chi connectivity index (χ1v) is 9.80. The molecule has 2 atom stereocenters. The van der Waals surface area contributed by atoms with Crippen LogP contribution < -0.4 is 0 Å². The second-order valence-electron chi connectivity index (χ2n) is 8.53.